The highest BCUT2D eigenvalue weighted by Gasteiger charge is 2.45. The summed E-state index contributed by atoms with van der Waals surface area (Å²) in [6, 6.07) is 8.88. The molecule has 1 aromatic heterocycles. The lowest BCUT2D eigenvalue weighted by Crippen LogP contribution is -2.51. The molecule has 3 atom stereocenters. The largest absolute Gasteiger partial charge is 0.475 e. The SMILES string of the molecule is CC(C)(CC(C#N)C(=O)N1CCCCC[C@@H]1COC(=O)N[C@@H](Cc1coc2ccccc12)B(O)O)N1CCC(F)(F)C1. The summed E-state index contributed by atoms with van der Waals surface area (Å²) >= 11 is 0. The molecule has 2 aliphatic heterocycles. The average molecular weight is 588 g/mol. The van der Waals surface area contributed by atoms with Gasteiger partial charge in [-0.2, -0.15) is 5.26 Å². The summed E-state index contributed by atoms with van der Waals surface area (Å²) in [5, 5.41) is 33.0. The Bertz CT molecular complexity index is 1280. The Balaban J connectivity index is 1.37. The molecule has 4 rings (SSSR count). The number of fused-ring (bicyclic) bond motifs is 1. The Morgan fingerprint density at radius 3 is 2.71 bits per heavy atom. The number of nitrogens with one attached hydrogen (secondary N) is 1. The minimum absolute atomic E-state index is 0.0837. The van der Waals surface area contributed by atoms with E-state index in [-0.39, 0.29) is 32.4 Å². The van der Waals surface area contributed by atoms with Crippen LogP contribution in [-0.2, 0) is 16.0 Å². The molecule has 2 aromatic rings. The van der Waals surface area contributed by atoms with Gasteiger partial charge < -0.3 is 29.4 Å². The number of nitrogens with zero attached hydrogens (tertiary/aromatic N) is 3. The van der Waals surface area contributed by atoms with Gasteiger partial charge in [-0.05, 0) is 51.2 Å². The lowest BCUT2D eigenvalue weighted by atomic mass is 9.76. The molecule has 13 heteroatoms. The van der Waals surface area contributed by atoms with Crippen LogP contribution < -0.4 is 5.32 Å². The molecule has 2 fully saturated rings. The van der Waals surface area contributed by atoms with Crippen LogP contribution in [0.15, 0.2) is 34.9 Å². The number of amides is 2. The number of ether oxygens (including phenoxy) is 1. The third kappa shape index (κ3) is 7.79. The molecule has 0 radical (unpaired) electrons. The van der Waals surface area contributed by atoms with Crippen LogP contribution in [0, 0.1) is 17.2 Å². The summed E-state index contributed by atoms with van der Waals surface area (Å²) in [6.45, 7) is 3.60. The van der Waals surface area contributed by atoms with Gasteiger partial charge in [0, 0.05) is 30.4 Å². The van der Waals surface area contributed by atoms with Crippen molar-refractivity contribution in [3.63, 3.8) is 0 Å². The highest BCUT2D eigenvalue weighted by atomic mass is 19.3. The number of furan rings is 1. The Morgan fingerprint density at radius 2 is 2.02 bits per heavy atom. The van der Waals surface area contributed by atoms with Gasteiger partial charge in [0.1, 0.15) is 18.1 Å². The monoisotopic (exact) mass is 588 g/mol. The van der Waals surface area contributed by atoms with Gasteiger partial charge in [-0.3, -0.25) is 9.69 Å². The maximum atomic E-state index is 13.9. The Kier molecular flexibility index (Phi) is 10.1. The van der Waals surface area contributed by atoms with E-state index in [0.29, 0.717) is 24.1 Å². The van der Waals surface area contributed by atoms with Gasteiger partial charge in [-0.1, -0.05) is 31.0 Å². The smallest absolute Gasteiger partial charge is 0.464 e. The minimum atomic E-state index is -2.78. The predicted molar refractivity (Wildman–Crippen MR) is 151 cm³/mol. The highest BCUT2D eigenvalue weighted by molar-refractivity contribution is 6.43. The molecule has 228 valence electrons. The molecule has 3 heterocycles. The number of para-hydroxylation sites is 1. The van der Waals surface area contributed by atoms with Gasteiger partial charge in [0.05, 0.1) is 30.9 Å². The molecule has 42 heavy (non-hydrogen) atoms. The second-order valence-corrected chi connectivity index (χ2v) is 12.0. The quantitative estimate of drug-likeness (QED) is 0.359. The third-order valence-corrected chi connectivity index (χ3v) is 8.41. The summed E-state index contributed by atoms with van der Waals surface area (Å²) in [5.41, 5.74) is 0.540. The molecule has 0 saturated carbocycles. The number of rotatable bonds is 10. The second kappa shape index (κ2) is 13.4. The van der Waals surface area contributed by atoms with Crippen LogP contribution in [0.2, 0.25) is 0 Å². The Morgan fingerprint density at radius 1 is 1.26 bits per heavy atom. The summed E-state index contributed by atoms with van der Waals surface area (Å²) < 4.78 is 38.7. The number of nitriles is 1. The molecule has 0 aliphatic carbocycles. The number of carbonyl (C=O) groups excluding carboxylic acids is 2. The van der Waals surface area contributed by atoms with Crippen LogP contribution in [0.3, 0.4) is 0 Å². The number of hydrogen-bond acceptors (Lipinski definition) is 8. The van der Waals surface area contributed by atoms with Crippen LogP contribution in [0.5, 0.6) is 0 Å². The van der Waals surface area contributed by atoms with Crippen LogP contribution in [0.4, 0.5) is 13.6 Å². The van der Waals surface area contributed by atoms with E-state index in [0.717, 1.165) is 24.6 Å². The number of benzene rings is 1. The van der Waals surface area contributed by atoms with E-state index in [1.165, 1.54) is 6.26 Å². The van der Waals surface area contributed by atoms with Crippen LogP contribution >= 0.6 is 0 Å². The van der Waals surface area contributed by atoms with Crippen molar-refractivity contribution in [2.45, 2.75) is 82.2 Å². The lowest BCUT2D eigenvalue weighted by Gasteiger charge is -2.38. The van der Waals surface area contributed by atoms with E-state index in [4.69, 9.17) is 9.15 Å². The topological polar surface area (TPSA) is 139 Å². The van der Waals surface area contributed by atoms with Gasteiger partial charge in [-0.25, -0.2) is 13.6 Å². The van der Waals surface area contributed by atoms with Crippen molar-refractivity contribution >= 4 is 30.1 Å². The van der Waals surface area contributed by atoms with E-state index in [1.807, 2.05) is 18.2 Å². The number of carbonyl (C=O) groups is 2. The summed E-state index contributed by atoms with van der Waals surface area (Å²) in [6.07, 6.45) is 3.53. The van der Waals surface area contributed by atoms with E-state index >= 15 is 0 Å². The van der Waals surface area contributed by atoms with Crippen molar-refractivity contribution in [1.82, 2.24) is 15.1 Å². The molecule has 2 aliphatic rings. The van der Waals surface area contributed by atoms with E-state index in [9.17, 15) is 33.7 Å². The van der Waals surface area contributed by atoms with Gasteiger partial charge in [0.2, 0.25) is 5.91 Å². The zero-order chi connectivity index (χ0) is 30.5. The molecule has 1 aromatic carbocycles. The lowest BCUT2D eigenvalue weighted by molar-refractivity contribution is -0.138. The van der Waals surface area contributed by atoms with Crippen molar-refractivity contribution in [2.24, 2.45) is 5.92 Å². The van der Waals surface area contributed by atoms with Gasteiger partial charge in [0.15, 0.2) is 0 Å². The first kappa shape index (κ1) is 31.7. The zero-order valence-electron chi connectivity index (χ0n) is 24.1. The fourth-order valence-electron chi connectivity index (χ4n) is 5.93. The van der Waals surface area contributed by atoms with Gasteiger partial charge in [-0.15, -0.1) is 0 Å². The second-order valence-electron chi connectivity index (χ2n) is 12.0. The van der Waals surface area contributed by atoms with E-state index < -0.39 is 55.0 Å². The van der Waals surface area contributed by atoms with Crippen LogP contribution in [0.1, 0.15) is 57.9 Å². The molecular weight excluding hydrogens is 549 g/mol. The van der Waals surface area contributed by atoms with Crippen molar-refractivity contribution in [1.29, 1.82) is 5.26 Å². The molecule has 2 amide bonds. The molecule has 3 N–H and O–H groups in total. The Labute approximate surface area is 244 Å². The van der Waals surface area contributed by atoms with Crippen molar-refractivity contribution in [3.05, 3.63) is 36.1 Å². The standard InChI is InChI=1S/C29H39BF2N4O6/c1-28(2,35-13-11-29(31,32)19-35)15-21(16-33)26(37)36-12-7-3-4-8-22(36)18-42-27(38)34-25(30(39)40)14-20-17-41-24-10-6-5-9-23(20)24/h5-6,9-10,17,21-22,25,39-40H,3-4,7-8,11-15,18-19H2,1-2H3,(H,34,38)/t21?,22-,25+/m1/s1. The number of alkyl halides is 2. The van der Waals surface area contributed by atoms with Crippen molar-refractivity contribution < 1.29 is 37.6 Å². The third-order valence-electron chi connectivity index (χ3n) is 8.41. The van der Waals surface area contributed by atoms with Crippen LogP contribution in [0.25, 0.3) is 11.0 Å². The molecular formula is C29H39BF2N4O6. The maximum Gasteiger partial charge on any atom is 0.475 e. The summed E-state index contributed by atoms with van der Waals surface area (Å²) in [7, 11) is -1.86. The number of likely N-dealkylation sites (tertiary alicyclic amines) is 2. The molecule has 0 bridgehead atoms. The van der Waals surface area contributed by atoms with Crippen molar-refractivity contribution in [2.75, 3.05) is 26.2 Å². The zero-order valence-corrected chi connectivity index (χ0v) is 24.1. The molecule has 1 unspecified atom stereocenters. The molecule has 0 spiro atoms. The number of halogens is 2. The van der Waals surface area contributed by atoms with E-state index in [1.54, 1.807) is 29.7 Å². The average Bonchev–Trinajstić information content (AvgIpc) is 3.44. The predicted octanol–water partition coefficient (Wildman–Crippen LogP) is 3.50. The number of hydrogen-bond donors (Lipinski definition) is 3. The highest BCUT2D eigenvalue weighted by Crippen LogP contribution is 2.35. The number of alkyl carbamates (subject to hydrolysis) is 1. The fraction of sp³-hybridized carbons (Fsp3) is 0.621. The first-order valence-corrected chi connectivity index (χ1v) is 14.5. The summed E-state index contributed by atoms with van der Waals surface area (Å²) in [4.78, 5) is 29.6. The first-order valence-electron chi connectivity index (χ1n) is 14.5. The van der Waals surface area contributed by atoms with E-state index in [2.05, 4.69) is 11.4 Å². The van der Waals surface area contributed by atoms with Gasteiger partial charge in [0.25, 0.3) is 5.92 Å². The van der Waals surface area contributed by atoms with Crippen molar-refractivity contribution in [3.8, 4) is 6.07 Å². The van der Waals surface area contributed by atoms with Gasteiger partial charge >= 0.3 is 13.2 Å². The fourth-order valence-corrected chi connectivity index (χ4v) is 5.93. The first-order chi connectivity index (χ1) is 19.9. The molecule has 2 saturated heterocycles. The molecule has 10 nitrogen and oxygen atoms in total. The summed E-state index contributed by atoms with van der Waals surface area (Å²) in [5.74, 6) is -5.30. The minimum Gasteiger partial charge on any atom is -0.464 e. The van der Waals surface area contributed by atoms with Crippen LogP contribution in [-0.4, -0.2) is 88.7 Å². The maximum absolute atomic E-state index is 13.9. The Hall–Kier alpha value is -3.21. The normalized spacial score (nSPS) is 20.9.